The van der Waals surface area contributed by atoms with Crippen LogP contribution in [0.15, 0.2) is 55.0 Å². The molecule has 0 amide bonds. The summed E-state index contributed by atoms with van der Waals surface area (Å²) in [5.74, 6) is 0.620. The number of aromatic nitrogens is 3. The number of carboxylic acid groups (broad SMARTS) is 1. The van der Waals surface area contributed by atoms with Gasteiger partial charge < -0.3 is 9.84 Å². The number of hydrogen-bond donors (Lipinski definition) is 1. The molecule has 0 saturated heterocycles. The van der Waals surface area contributed by atoms with Crippen LogP contribution in [0.1, 0.15) is 107 Å². The van der Waals surface area contributed by atoms with Crippen LogP contribution in [0.25, 0.3) is 11.4 Å². The summed E-state index contributed by atoms with van der Waals surface area (Å²) in [6.07, 6.45) is 22.0. The van der Waals surface area contributed by atoms with Crippen LogP contribution >= 0.6 is 0 Å². The number of carboxylic acids is 1. The van der Waals surface area contributed by atoms with Crippen molar-refractivity contribution in [3.05, 3.63) is 72.3 Å². The normalized spacial score (nSPS) is 10.2. The third-order valence-electron chi connectivity index (χ3n) is 6.20. The van der Waals surface area contributed by atoms with Crippen molar-refractivity contribution in [3.63, 3.8) is 0 Å². The van der Waals surface area contributed by atoms with E-state index in [1.165, 1.54) is 88.5 Å². The van der Waals surface area contributed by atoms with E-state index in [9.17, 15) is 4.79 Å². The first-order valence-electron chi connectivity index (χ1n) is 14.2. The van der Waals surface area contributed by atoms with Crippen molar-refractivity contribution in [2.24, 2.45) is 0 Å². The van der Waals surface area contributed by atoms with Crippen LogP contribution in [0.4, 0.5) is 0 Å². The van der Waals surface area contributed by atoms with Crippen molar-refractivity contribution >= 4 is 5.97 Å². The molecule has 215 valence electrons. The number of hydrogen-bond acceptors (Lipinski definition) is 5. The number of carbonyl (C=O) groups is 1. The Hall–Kier alpha value is -2.63. The Labute approximate surface area is 248 Å². The maximum absolute atomic E-state index is 10.1. The molecule has 0 saturated carbocycles. The van der Waals surface area contributed by atoms with Gasteiger partial charge in [-0.2, -0.15) is 0 Å². The standard InChI is InChI=1S/C26H39N2O.C6H5NO2.Ir/c1-3-5-7-9-10-11-13-15-23-21-27-26(28-22-23)24-16-18-25(19-17-24)29-20-14-12-8-6-4-2;8-6(9)5-3-1-2-4-7-5;/h16,18-19,21-22H,3-15,20H2,1-2H3;1-4H,(H,8,9);/q-1;;. The van der Waals surface area contributed by atoms with Gasteiger partial charge in [0, 0.05) is 44.4 Å². The van der Waals surface area contributed by atoms with E-state index in [0.29, 0.717) is 0 Å². The van der Waals surface area contributed by atoms with Crippen LogP contribution in [-0.2, 0) is 26.5 Å². The SMILES string of the molecule is CCCCCCCCCc1cnc(-c2[c-]cc(OCCCCCCC)cc2)nc1.O=C(O)c1ccccn1.[Ir]. The minimum absolute atomic E-state index is 0. The van der Waals surface area contributed by atoms with Gasteiger partial charge in [0.1, 0.15) is 5.69 Å². The topological polar surface area (TPSA) is 85.2 Å². The smallest absolute Gasteiger partial charge is 0.354 e. The minimum atomic E-state index is -0.990. The van der Waals surface area contributed by atoms with Crippen molar-refractivity contribution in [2.45, 2.75) is 97.3 Å². The number of benzene rings is 1. The quantitative estimate of drug-likeness (QED) is 0.112. The summed E-state index contributed by atoms with van der Waals surface area (Å²) in [6, 6.07) is 13.9. The molecule has 0 bridgehead atoms. The number of aryl methyl sites for hydroxylation is 1. The second kappa shape index (κ2) is 22.2. The summed E-state index contributed by atoms with van der Waals surface area (Å²) in [5, 5.41) is 8.32. The molecular formula is C32H44IrN3O3-. The van der Waals surface area contributed by atoms with E-state index < -0.39 is 5.97 Å². The average molecular weight is 711 g/mol. The molecule has 6 nitrogen and oxygen atoms in total. The van der Waals surface area contributed by atoms with E-state index in [-0.39, 0.29) is 25.8 Å². The number of unbranched alkanes of at least 4 members (excludes halogenated alkanes) is 10. The van der Waals surface area contributed by atoms with E-state index >= 15 is 0 Å². The Kier molecular flexibility index (Phi) is 19.6. The second-order valence-electron chi connectivity index (χ2n) is 9.51. The van der Waals surface area contributed by atoms with Crippen LogP contribution in [0.5, 0.6) is 5.75 Å². The molecule has 0 aliphatic rings. The fraction of sp³-hybridized carbons (Fsp3) is 0.500. The molecule has 2 heterocycles. The summed E-state index contributed by atoms with van der Waals surface area (Å²) in [7, 11) is 0. The molecule has 0 aliphatic heterocycles. The molecule has 3 rings (SSSR count). The van der Waals surface area contributed by atoms with Gasteiger partial charge in [0.05, 0.1) is 12.4 Å². The third kappa shape index (κ3) is 15.5. The molecule has 39 heavy (non-hydrogen) atoms. The zero-order valence-corrected chi connectivity index (χ0v) is 25.9. The van der Waals surface area contributed by atoms with Gasteiger partial charge in [-0.3, -0.25) is 9.97 Å². The largest absolute Gasteiger partial charge is 0.537 e. The summed E-state index contributed by atoms with van der Waals surface area (Å²) in [4.78, 5) is 22.8. The Morgan fingerprint density at radius 2 is 1.46 bits per heavy atom. The molecular weight excluding hydrogens is 667 g/mol. The number of ether oxygens (including phenoxy) is 1. The van der Waals surface area contributed by atoms with Crippen molar-refractivity contribution in [2.75, 3.05) is 6.61 Å². The monoisotopic (exact) mass is 711 g/mol. The van der Waals surface area contributed by atoms with Crippen LogP contribution < -0.4 is 4.74 Å². The Morgan fingerprint density at radius 1 is 0.821 bits per heavy atom. The molecule has 0 unspecified atom stereocenters. The summed E-state index contributed by atoms with van der Waals surface area (Å²) >= 11 is 0. The zero-order chi connectivity index (χ0) is 27.3. The minimum Gasteiger partial charge on any atom is -0.537 e. The summed E-state index contributed by atoms with van der Waals surface area (Å²) < 4.78 is 5.81. The molecule has 1 N–H and O–H groups in total. The van der Waals surface area contributed by atoms with Crippen molar-refractivity contribution in [1.82, 2.24) is 15.0 Å². The molecule has 3 aromatic rings. The summed E-state index contributed by atoms with van der Waals surface area (Å²) in [6.45, 7) is 5.28. The first-order valence-corrected chi connectivity index (χ1v) is 14.2. The van der Waals surface area contributed by atoms with Gasteiger partial charge in [-0.1, -0.05) is 84.1 Å². The van der Waals surface area contributed by atoms with Crippen LogP contribution in [0.3, 0.4) is 0 Å². The van der Waals surface area contributed by atoms with Gasteiger partial charge >= 0.3 is 5.97 Å². The third-order valence-corrected chi connectivity index (χ3v) is 6.20. The Balaban J connectivity index is 0.000000643. The maximum Gasteiger partial charge on any atom is 0.354 e. The Morgan fingerprint density at radius 3 is 2.00 bits per heavy atom. The average Bonchev–Trinajstić information content (AvgIpc) is 2.96. The van der Waals surface area contributed by atoms with Gasteiger partial charge in [0.2, 0.25) is 0 Å². The van der Waals surface area contributed by atoms with E-state index in [2.05, 4.69) is 34.9 Å². The van der Waals surface area contributed by atoms with Gasteiger partial charge in [0.15, 0.2) is 0 Å². The molecule has 7 heteroatoms. The van der Waals surface area contributed by atoms with Crippen LogP contribution in [0, 0.1) is 6.07 Å². The Bertz CT molecular complexity index is 999. The van der Waals surface area contributed by atoms with E-state index in [4.69, 9.17) is 9.84 Å². The molecule has 2 aromatic heterocycles. The predicted octanol–water partition coefficient (Wildman–Crippen LogP) is 8.36. The number of pyridine rings is 1. The number of rotatable bonds is 17. The number of aromatic carboxylic acids is 1. The van der Waals surface area contributed by atoms with Gasteiger partial charge in [0.25, 0.3) is 0 Å². The fourth-order valence-corrected chi connectivity index (χ4v) is 3.93. The molecule has 0 spiro atoms. The van der Waals surface area contributed by atoms with E-state index in [0.717, 1.165) is 36.6 Å². The molecule has 1 aromatic carbocycles. The van der Waals surface area contributed by atoms with Crippen molar-refractivity contribution in [3.8, 4) is 17.1 Å². The first kappa shape index (κ1) is 34.4. The fourth-order valence-electron chi connectivity index (χ4n) is 3.93. The second-order valence-corrected chi connectivity index (χ2v) is 9.51. The van der Waals surface area contributed by atoms with Crippen LogP contribution in [0.2, 0.25) is 0 Å². The summed E-state index contributed by atoms with van der Waals surface area (Å²) in [5.41, 5.74) is 2.23. The predicted molar refractivity (Wildman–Crippen MR) is 153 cm³/mol. The molecule has 0 fully saturated rings. The van der Waals surface area contributed by atoms with E-state index in [1.54, 1.807) is 12.1 Å². The van der Waals surface area contributed by atoms with Gasteiger partial charge in [-0.15, -0.1) is 29.8 Å². The zero-order valence-electron chi connectivity index (χ0n) is 23.5. The molecule has 1 radical (unpaired) electrons. The van der Waals surface area contributed by atoms with Gasteiger partial charge in [-0.25, -0.2) is 9.78 Å². The van der Waals surface area contributed by atoms with Gasteiger partial charge in [-0.05, 0) is 37.0 Å². The molecule has 0 atom stereocenters. The molecule has 0 aliphatic carbocycles. The number of nitrogens with zero attached hydrogens (tertiary/aromatic N) is 3. The van der Waals surface area contributed by atoms with E-state index in [1.807, 2.05) is 30.6 Å². The van der Waals surface area contributed by atoms with Crippen molar-refractivity contribution in [1.29, 1.82) is 0 Å². The van der Waals surface area contributed by atoms with Crippen LogP contribution in [-0.4, -0.2) is 32.6 Å². The van der Waals surface area contributed by atoms with Crippen molar-refractivity contribution < 1.29 is 34.7 Å². The maximum atomic E-state index is 10.1. The first-order chi connectivity index (χ1) is 18.6.